The number of carbonyl (C=O) groups is 1. The molecule has 6 nitrogen and oxygen atoms in total. The van der Waals surface area contributed by atoms with Crippen molar-refractivity contribution >= 4 is 28.3 Å². The topological polar surface area (TPSA) is 73.9 Å². The molecule has 1 aliphatic rings. The predicted octanol–water partition coefficient (Wildman–Crippen LogP) is 5.05. The van der Waals surface area contributed by atoms with Gasteiger partial charge in [0.2, 0.25) is 0 Å². The summed E-state index contributed by atoms with van der Waals surface area (Å²) >= 11 is 0. The smallest absolute Gasteiger partial charge is 0.155 e. The molecule has 1 saturated heterocycles. The Kier molecular flexibility index (Phi) is 6.85. The second-order valence-corrected chi connectivity index (χ2v) is 9.10. The van der Waals surface area contributed by atoms with Crippen molar-refractivity contribution in [2.45, 2.75) is 52.0 Å². The zero-order valence-electron chi connectivity index (χ0n) is 18.6. The third kappa shape index (κ3) is 5.43. The van der Waals surface area contributed by atoms with E-state index in [9.17, 15) is 4.79 Å². The second-order valence-electron chi connectivity index (χ2n) is 9.10. The Hall–Kier alpha value is -2.89. The summed E-state index contributed by atoms with van der Waals surface area (Å²) in [5, 5.41) is 4.55. The van der Waals surface area contributed by atoms with Crippen LogP contribution in [0.4, 0.5) is 11.5 Å². The number of rotatable bonds is 9. The number of hydrogen-bond donors (Lipinski definition) is 2. The Labute approximate surface area is 184 Å². The standard InChI is InChI=1S/C25H33N5O/c1-18(2)10-11-22(29-20-8-4-3-5-9-20)23(31)15-19-7-6-14-30(16-19)25-21-12-13-26-24(21)27-17-28-25/h3-5,8-9,12-13,17-19,22,29H,6-7,10-11,14-16H2,1-2H3,(H,26,27,28)/t19-,22+/m0/s1. The number of aromatic amines is 1. The average Bonchev–Trinajstić information content (AvgIpc) is 3.26. The molecule has 1 fully saturated rings. The van der Waals surface area contributed by atoms with E-state index in [-0.39, 0.29) is 6.04 Å². The number of carbonyl (C=O) groups excluding carboxylic acids is 1. The zero-order chi connectivity index (χ0) is 21.6. The van der Waals surface area contributed by atoms with Gasteiger partial charge in [0, 0.05) is 31.4 Å². The van der Waals surface area contributed by atoms with Crippen LogP contribution in [0.25, 0.3) is 11.0 Å². The van der Waals surface area contributed by atoms with E-state index in [1.54, 1.807) is 6.33 Å². The fourth-order valence-electron chi connectivity index (χ4n) is 4.51. The lowest BCUT2D eigenvalue weighted by Crippen LogP contribution is -2.39. The summed E-state index contributed by atoms with van der Waals surface area (Å²) in [6.45, 7) is 6.27. The van der Waals surface area contributed by atoms with E-state index in [1.165, 1.54) is 0 Å². The third-order valence-electron chi connectivity index (χ3n) is 6.18. The lowest BCUT2D eigenvalue weighted by Gasteiger charge is -2.34. The molecule has 0 unspecified atom stereocenters. The van der Waals surface area contributed by atoms with Crippen LogP contribution in [-0.4, -0.2) is 39.9 Å². The molecule has 3 heterocycles. The first-order valence-electron chi connectivity index (χ1n) is 11.5. The summed E-state index contributed by atoms with van der Waals surface area (Å²) in [5.41, 5.74) is 1.88. The van der Waals surface area contributed by atoms with E-state index in [0.29, 0.717) is 24.0 Å². The van der Waals surface area contributed by atoms with Crippen molar-refractivity contribution in [3.05, 3.63) is 48.9 Å². The van der Waals surface area contributed by atoms with Crippen molar-refractivity contribution < 1.29 is 4.79 Å². The highest BCUT2D eigenvalue weighted by atomic mass is 16.1. The molecule has 31 heavy (non-hydrogen) atoms. The van der Waals surface area contributed by atoms with E-state index in [2.05, 4.69) is 39.0 Å². The highest BCUT2D eigenvalue weighted by molar-refractivity contribution is 5.88. The number of aromatic nitrogens is 3. The Morgan fingerprint density at radius 3 is 2.84 bits per heavy atom. The molecule has 6 heteroatoms. The highest BCUT2D eigenvalue weighted by Crippen LogP contribution is 2.29. The number of anilines is 2. The van der Waals surface area contributed by atoms with Crippen molar-refractivity contribution in [3.8, 4) is 0 Å². The Bertz CT molecular complexity index is 984. The number of piperidine rings is 1. The Morgan fingerprint density at radius 2 is 2.03 bits per heavy atom. The van der Waals surface area contributed by atoms with Gasteiger partial charge in [0.25, 0.3) is 0 Å². The summed E-state index contributed by atoms with van der Waals surface area (Å²) in [7, 11) is 0. The van der Waals surface area contributed by atoms with Crippen molar-refractivity contribution in [2.75, 3.05) is 23.3 Å². The van der Waals surface area contributed by atoms with Crippen molar-refractivity contribution in [1.29, 1.82) is 0 Å². The van der Waals surface area contributed by atoms with E-state index in [0.717, 1.165) is 61.3 Å². The van der Waals surface area contributed by atoms with Crippen LogP contribution in [0.15, 0.2) is 48.9 Å². The van der Waals surface area contributed by atoms with Crippen LogP contribution in [0.3, 0.4) is 0 Å². The van der Waals surface area contributed by atoms with Crippen LogP contribution in [0, 0.1) is 11.8 Å². The van der Waals surface area contributed by atoms with Crippen molar-refractivity contribution in [3.63, 3.8) is 0 Å². The maximum Gasteiger partial charge on any atom is 0.155 e. The summed E-state index contributed by atoms with van der Waals surface area (Å²) in [6, 6.07) is 12.0. The van der Waals surface area contributed by atoms with Crippen LogP contribution < -0.4 is 10.2 Å². The highest BCUT2D eigenvalue weighted by Gasteiger charge is 2.27. The lowest BCUT2D eigenvalue weighted by atomic mass is 9.89. The van der Waals surface area contributed by atoms with Gasteiger partial charge in [-0.1, -0.05) is 32.0 Å². The summed E-state index contributed by atoms with van der Waals surface area (Å²) in [4.78, 5) is 27.7. The molecule has 0 saturated carbocycles. The van der Waals surface area contributed by atoms with Gasteiger partial charge in [0.1, 0.15) is 17.8 Å². The Morgan fingerprint density at radius 1 is 1.19 bits per heavy atom. The monoisotopic (exact) mass is 419 g/mol. The van der Waals surface area contributed by atoms with Gasteiger partial charge in [0.05, 0.1) is 11.4 Å². The van der Waals surface area contributed by atoms with Gasteiger partial charge < -0.3 is 15.2 Å². The molecule has 4 rings (SSSR count). The molecule has 0 spiro atoms. The molecule has 0 bridgehead atoms. The van der Waals surface area contributed by atoms with Crippen LogP contribution >= 0.6 is 0 Å². The number of nitrogens with one attached hydrogen (secondary N) is 2. The number of hydrogen-bond acceptors (Lipinski definition) is 5. The minimum Gasteiger partial charge on any atom is -0.375 e. The first kappa shape index (κ1) is 21.3. The average molecular weight is 420 g/mol. The minimum absolute atomic E-state index is 0.129. The molecule has 164 valence electrons. The van der Waals surface area contributed by atoms with Gasteiger partial charge in [-0.05, 0) is 55.7 Å². The summed E-state index contributed by atoms with van der Waals surface area (Å²) in [6.07, 6.45) is 8.22. The van der Waals surface area contributed by atoms with Gasteiger partial charge in [0.15, 0.2) is 5.78 Å². The molecule has 1 aliphatic heterocycles. The fourth-order valence-corrected chi connectivity index (χ4v) is 4.51. The number of benzene rings is 1. The molecule has 0 aliphatic carbocycles. The van der Waals surface area contributed by atoms with Crippen LogP contribution in [-0.2, 0) is 4.79 Å². The molecule has 1 aromatic carbocycles. The number of H-pyrrole nitrogens is 1. The van der Waals surface area contributed by atoms with Crippen LogP contribution in [0.2, 0.25) is 0 Å². The molecular formula is C25H33N5O. The predicted molar refractivity (Wildman–Crippen MR) is 126 cm³/mol. The van der Waals surface area contributed by atoms with Gasteiger partial charge >= 0.3 is 0 Å². The van der Waals surface area contributed by atoms with E-state index < -0.39 is 0 Å². The number of ketones is 1. The molecule has 2 N–H and O–H groups in total. The molecule has 2 atom stereocenters. The molecule has 0 radical (unpaired) electrons. The quantitative estimate of drug-likeness (QED) is 0.508. The van der Waals surface area contributed by atoms with Crippen LogP contribution in [0.5, 0.6) is 0 Å². The normalized spacial score (nSPS) is 17.8. The van der Waals surface area contributed by atoms with Crippen LogP contribution in [0.1, 0.15) is 46.0 Å². The first-order valence-corrected chi connectivity index (χ1v) is 11.5. The molecular weight excluding hydrogens is 386 g/mol. The van der Waals surface area contributed by atoms with E-state index in [1.807, 2.05) is 42.6 Å². The molecule has 0 amide bonds. The van der Waals surface area contributed by atoms with Crippen molar-refractivity contribution in [1.82, 2.24) is 15.0 Å². The Balaban J connectivity index is 1.43. The summed E-state index contributed by atoms with van der Waals surface area (Å²) in [5.74, 6) is 2.23. The SMILES string of the molecule is CC(C)CC[C@@H](Nc1ccccc1)C(=O)C[C@@H]1CCCN(c2ncnc3[nH]ccc23)C1. The molecule has 2 aromatic heterocycles. The van der Waals surface area contributed by atoms with E-state index in [4.69, 9.17) is 0 Å². The maximum absolute atomic E-state index is 13.3. The van der Waals surface area contributed by atoms with Gasteiger partial charge in [-0.15, -0.1) is 0 Å². The largest absolute Gasteiger partial charge is 0.375 e. The molecule has 3 aromatic rings. The third-order valence-corrected chi connectivity index (χ3v) is 6.18. The van der Waals surface area contributed by atoms with Crippen molar-refractivity contribution in [2.24, 2.45) is 11.8 Å². The first-order chi connectivity index (χ1) is 15.1. The van der Waals surface area contributed by atoms with E-state index >= 15 is 0 Å². The number of Topliss-reactive ketones (excluding diaryl/α,β-unsaturated/α-hetero) is 1. The van der Waals surface area contributed by atoms with Gasteiger partial charge in [-0.3, -0.25) is 4.79 Å². The number of nitrogens with zero attached hydrogens (tertiary/aromatic N) is 3. The fraction of sp³-hybridized carbons (Fsp3) is 0.480. The lowest BCUT2D eigenvalue weighted by molar-refractivity contribution is -0.121. The second kappa shape index (κ2) is 9.94. The number of fused-ring (bicyclic) bond motifs is 1. The van der Waals surface area contributed by atoms with Gasteiger partial charge in [-0.25, -0.2) is 9.97 Å². The summed E-state index contributed by atoms with van der Waals surface area (Å²) < 4.78 is 0. The number of para-hydroxylation sites is 1. The minimum atomic E-state index is -0.129. The van der Waals surface area contributed by atoms with Gasteiger partial charge in [-0.2, -0.15) is 0 Å². The zero-order valence-corrected chi connectivity index (χ0v) is 18.6. The maximum atomic E-state index is 13.3.